The third-order valence-corrected chi connectivity index (χ3v) is 1.47. The molecule has 0 aliphatic heterocycles. The second kappa shape index (κ2) is 3.62. The Morgan fingerprint density at radius 1 is 1.82 bits per heavy atom. The van der Waals surface area contributed by atoms with Crippen LogP contribution in [0, 0.1) is 11.5 Å². The standard InChI is InChI=1S/C7H10N4/c1-11-5-4-10-7(11)2-3-9-6-8/h4-5,9H,2-3H2,1H3. The maximum atomic E-state index is 8.18. The van der Waals surface area contributed by atoms with Gasteiger partial charge in [-0.15, -0.1) is 0 Å². The SMILES string of the molecule is Cn1ccnc1CCNC#N. The molecule has 1 aromatic rings. The Morgan fingerprint density at radius 3 is 3.18 bits per heavy atom. The van der Waals surface area contributed by atoms with Crippen LogP contribution in [0.5, 0.6) is 0 Å². The van der Waals surface area contributed by atoms with E-state index in [4.69, 9.17) is 5.26 Å². The molecule has 58 valence electrons. The highest BCUT2D eigenvalue weighted by Crippen LogP contribution is 1.93. The third-order valence-electron chi connectivity index (χ3n) is 1.47. The minimum Gasteiger partial charge on any atom is -0.338 e. The zero-order chi connectivity index (χ0) is 8.10. The molecule has 0 aliphatic carbocycles. The van der Waals surface area contributed by atoms with Crippen molar-refractivity contribution >= 4 is 0 Å². The molecule has 0 fully saturated rings. The predicted molar refractivity (Wildman–Crippen MR) is 40.5 cm³/mol. The normalized spacial score (nSPS) is 9.09. The molecule has 4 heteroatoms. The molecule has 0 amide bonds. The highest BCUT2D eigenvalue weighted by Gasteiger charge is 1.96. The topological polar surface area (TPSA) is 53.6 Å². The van der Waals surface area contributed by atoms with E-state index in [9.17, 15) is 0 Å². The molecule has 1 aromatic heterocycles. The Kier molecular flexibility index (Phi) is 2.50. The first-order chi connectivity index (χ1) is 5.34. The molecule has 1 N–H and O–H groups in total. The lowest BCUT2D eigenvalue weighted by Gasteiger charge is -1.98. The summed E-state index contributed by atoms with van der Waals surface area (Å²) in [5.41, 5.74) is 0. The summed E-state index contributed by atoms with van der Waals surface area (Å²) in [5, 5.41) is 10.7. The van der Waals surface area contributed by atoms with Crippen LogP contribution in [-0.4, -0.2) is 16.1 Å². The molecule has 0 atom stereocenters. The van der Waals surface area contributed by atoms with Crippen molar-refractivity contribution in [2.24, 2.45) is 7.05 Å². The van der Waals surface area contributed by atoms with Crippen LogP contribution in [0.25, 0.3) is 0 Å². The van der Waals surface area contributed by atoms with Gasteiger partial charge in [0, 0.05) is 32.4 Å². The van der Waals surface area contributed by atoms with Crippen LogP contribution in [0.3, 0.4) is 0 Å². The van der Waals surface area contributed by atoms with Gasteiger partial charge in [0.05, 0.1) is 0 Å². The molecule has 11 heavy (non-hydrogen) atoms. The van der Waals surface area contributed by atoms with Crippen LogP contribution in [-0.2, 0) is 13.5 Å². The number of nitrogens with zero attached hydrogens (tertiary/aromatic N) is 3. The number of rotatable bonds is 3. The van der Waals surface area contributed by atoms with Gasteiger partial charge in [0.25, 0.3) is 0 Å². The summed E-state index contributed by atoms with van der Waals surface area (Å²) in [6.45, 7) is 0.654. The minimum atomic E-state index is 0.654. The predicted octanol–water partition coefficient (Wildman–Crippen LogP) is 0.0333. The zero-order valence-electron chi connectivity index (χ0n) is 6.41. The third kappa shape index (κ3) is 1.97. The Balaban J connectivity index is 2.40. The number of aromatic nitrogens is 2. The van der Waals surface area contributed by atoms with Crippen LogP contribution in [0.4, 0.5) is 0 Å². The van der Waals surface area contributed by atoms with E-state index in [0.29, 0.717) is 6.54 Å². The smallest absolute Gasteiger partial charge is 0.176 e. The lowest BCUT2D eigenvalue weighted by molar-refractivity contribution is 0.741. The lowest BCUT2D eigenvalue weighted by atomic mass is 10.4. The summed E-state index contributed by atoms with van der Waals surface area (Å²) in [6, 6.07) is 0. The van der Waals surface area contributed by atoms with Crippen LogP contribution in [0.1, 0.15) is 5.82 Å². The molecule has 0 aliphatic rings. The molecule has 1 rings (SSSR count). The van der Waals surface area contributed by atoms with Crippen LogP contribution < -0.4 is 5.32 Å². The van der Waals surface area contributed by atoms with E-state index in [-0.39, 0.29) is 0 Å². The fourth-order valence-electron chi connectivity index (χ4n) is 0.868. The molecule has 0 saturated carbocycles. The number of imidazole rings is 1. The Bertz CT molecular complexity index is 258. The van der Waals surface area contributed by atoms with Gasteiger partial charge < -0.3 is 9.88 Å². The first-order valence-corrected chi connectivity index (χ1v) is 3.42. The average Bonchev–Trinajstić information content (AvgIpc) is 2.37. The number of nitrogens with one attached hydrogen (secondary N) is 1. The van der Waals surface area contributed by atoms with Gasteiger partial charge in [-0.25, -0.2) is 4.98 Å². The molecular weight excluding hydrogens is 140 g/mol. The molecule has 0 radical (unpaired) electrons. The van der Waals surface area contributed by atoms with Crippen LogP contribution in [0.15, 0.2) is 12.4 Å². The van der Waals surface area contributed by atoms with Crippen molar-refractivity contribution in [1.82, 2.24) is 14.9 Å². The molecule has 4 nitrogen and oxygen atoms in total. The van der Waals surface area contributed by atoms with E-state index in [1.54, 1.807) is 6.20 Å². The Morgan fingerprint density at radius 2 is 2.64 bits per heavy atom. The van der Waals surface area contributed by atoms with Gasteiger partial charge in [0.1, 0.15) is 5.82 Å². The van der Waals surface area contributed by atoms with Crippen LogP contribution >= 0.6 is 0 Å². The number of aryl methyl sites for hydroxylation is 1. The van der Waals surface area contributed by atoms with E-state index in [1.807, 2.05) is 24.0 Å². The summed E-state index contributed by atoms with van der Waals surface area (Å²) in [6.07, 6.45) is 6.29. The molecule has 1 heterocycles. The zero-order valence-corrected chi connectivity index (χ0v) is 6.41. The van der Waals surface area contributed by atoms with Gasteiger partial charge in [-0.3, -0.25) is 0 Å². The average molecular weight is 150 g/mol. The van der Waals surface area contributed by atoms with Crippen molar-refractivity contribution in [3.63, 3.8) is 0 Å². The van der Waals surface area contributed by atoms with Crippen molar-refractivity contribution in [2.45, 2.75) is 6.42 Å². The molecule has 0 bridgehead atoms. The monoisotopic (exact) mass is 150 g/mol. The van der Waals surface area contributed by atoms with Crippen molar-refractivity contribution in [1.29, 1.82) is 5.26 Å². The summed E-state index contributed by atoms with van der Waals surface area (Å²) < 4.78 is 1.94. The second-order valence-electron chi connectivity index (χ2n) is 2.24. The van der Waals surface area contributed by atoms with Gasteiger partial charge in [-0.1, -0.05) is 0 Å². The van der Waals surface area contributed by atoms with E-state index >= 15 is 0 Å². The highest BCUT2D eigenvalue weighted by molar-refractivity contribution is 4.91. The molecular formula is C7H10N4. The lowest BCUT2D eigenvalue weighted by Crippen LogP contribution is -2.12. The molecule has 0 spiro atoms. The van der Waals surface area contributed by atoms with Gasteiger partial charge in [0.15, 0.2) is 6.19 Å². The van der Waals surface area contributed by atoms with Gasteiger partial charge in [-0.2, -0.15) is 5.26 Å². The molecule has 0 unspecified atom stereocenters. The highest BCUT2D eigenvalue weighted by atomic mass is 15.0. The Hall–Kier alpha value is -1.50. The first kappa shape index (κ1) is 7.61. The van der Waals surface area contributed by atoms with E-state index < -0.39 is 0 Å². The fourth-order valence-corrected chi connectivity index (χ4v) is 0.868. The van der Waals surface area contributed by atoms with Crippen molar-refractivity contribution in [3.8, 4) is 6.19 Å². The number of hydrogen-bond acceptors (Lipinski definition) is 3. The van der Waals surface area contributed by atoms with Crippen LogP contribution in [0.2, 0.25) is 0 Å². The number of nitriles is 1. The van der Waals surface area contributed by atoms with E-state index in [2.05, 4.69) is 10.3 Å². The maximum Gasteiger partial charge on any atom is 0.176 e. The summed E-state index contributed by atoms with van der Waals surface area (Å²) in [5.74, 6) is 0.993. The second-order valence-corrected chi connectivity index (χ2v) is 2.24. The number of hydrogen-bond donors (Lipinski definition) is 1. The summed E-state index contributed by atoms with van der Waals surface area (Å²) >= 11 is 0. The maximum absolute atomic E-state index is 8.18. The fraction of sp³-hybridized carbons (Fsp3) is 0.429. The van der Waals surface area contributed by atoms with E-state index in [1.165, 1.54) is 0 Å². The summed E-state index contributed by atoms with van der Waals surface area (Å²) in [7, 11) is 1.94. The Labute approximate surface area is 65.5 Å². The molecule has 0 aromatic carbocycles. The van der Waals surface area contributed by atoms with Crippen molar-refractivity contribution < 1.29 is 0 Å². The van der Waals surface area contributed by atoms with Crippen molar-refractivity contribution in [3.05, 3.63) is 18.2 Å². The van der Waals surface area contributed by atoms with Gasteiger partial charge >= 0.3 is 0 Å². The molecule has 0 saturated heterocycles. The summed E-state index contributed by atoms with van der Waals surface area (Å²) in [4.78, 5) is 4.10. The van der Waals surface area contributed by atoms with E-state index in [0.717, 1.165) is 12.2 Å². The first-order valence-electron chi connectivity index (χ1n) is 3.42. The van der Waals surface area contributed by atoms with Crippen molar-refractivity contribution in [2.75, 3.05) is 6.54 Å². The van der Waals surface area contributed by atoms with Gasteiger partial charge in [-0.05, 0) is 0 Å². The van der Waals surface area contributed by atoms with Gasteiger partial charge in [0.2, 0.25) is 0 Å². The largest absolute Gasteiger partial charge is 0.338 e. The quantitative estimate of drug-likeness (QED) is 0.376. The minimum absolute atomic E-state index is 0.654.